The van der Waals surface area contributed by atoms with Crippen molar-refractivity contribution in [2.45, 2.75) is 212 Å². The highest BCUT2D eigenvalue weighted by Crippen LogP contribution is 2.16. The van der Waals surface area contributed by atoms with Gasteiger partial charge >= 0.3 is 0 Å². The lowest BCUT2D eigenvalue weighted by Gasteiger charge is -2.04. The van der Waals surface area contributed by atoms with E-state index >= 15 is 0 Å². The minimum atomic E-state index is 0.670. The fourth-order valence-electron chi connectivity index (χ4n) is 5.61. The van der Waals surface area contributed by atoms with Crippen molar-refractivity contribution in [3.05, 3.63) is 0 Å². The van der Waals surface area contributed by atoms with Crippen molar-refractivity contribution in [2.75, 3.05) is 6.54 Å². The Morgan fingerprint density at radius 1 is 0.324 bits per heavy atom. The van der Waals surface area contributed by atoms with Gasteiger partial charge in [0, 0.05) is 0 Å². The number of hydrogen-bond acceptors (Lipinski definition) is 2. The van der Waals surface area contributed by atoms with Gasteiger partial charge in [0.1, 0.15) is 0 Å². The van der Waals surface area contributed by atoms with Gasteiger partial charge in [-0.1, -0.05) is 206 Å². The lowest BCUT2D eigenvalue weighted by molar-refractivity contribution is 0.512. The van der Waals surface area contributed by atoms with Gasteiger partial charge in [0.05, 0.1) is 6.54 Å². The maximum atomic E-state index is 9.98. The van der Waals surface area contributed by atoms with Gasteiger partial charge in [-0.25, -0.2) is 9.79 Å². The minimum absolute atomic E-state index is 0.670. The van der Waals surface area contributed by atoms with Gasteiger partial charge in [-0.2, -0.15) is 0 Å². The third kappa shape index (κ3) is 35.4. The van der Waals surface area contributed by atoms with Crippen LogP contribution in [-0.2, 0) is 4.79 Å². The van der Waals surface area contributed by atoms with Crippen molar-refractivity contribution < 1.29 is 4.79 Å². The number of carbonyl (C=O) groups excluding carboxylic acids is 1. The van der Waals surface area contributed by atoms with Crippen LogP contribution in [0.5, 0.6) is 0 Å². The van der Waals surface area contributed by atoms with Crippen LogP contribution >= 0.6 is 0 Å². The topological polar surface area (TPSA) is 29.4 Å². The molecule has 0 saturated carbocycles. The van der Waals surface area contributed by atoms with Crippen molar-refractivity contribution in [3.63, 3.8) is 0 Å². The van der Waals surface area contributed by atoms with E-state index in [0.717, 1.165) is 6.42 Å². The molecular formula is C35H69NO. The zero-order valence-electron chi connectivity index (χ0n) is 25.7. The molecule has 0 aromatic carbocycles. The molecule has 0 heterocycles. The van der Waals surface area contributed by atoms with Crippen molar-refractivity contribution in [3.8, 4) is 0 Å². The van der Waals surface area contributed by atoms with Crippen LogP contribution < -0.4 is 0 Å². The Bertz CT molecular complexity index is 443. The van der Waals surface area contributed by atoms with Gasteiger partial charge in [-0.15, -0.1) is 0 Å². The predicted molar refractivity (Wildman–Crippen MR) is 166 cm³/mol. The summed E-state index contributed by atoms with van der Waals surface area (Å²) in [6, 6.07) is 0. The first kappa shape index (κ1) is 36.4. The highest BCUT2D eigenvalue weighted by molar-refractivity contribution is 5.32. The Hall–Kier alpha value is -0.620. The highest BCUT2D eigenvalue weighted by atomic mass is 16.1. The van der Waals surface area contributed by atoms with Gasteiger partial charge in [-0.3, -0.25) is 0 Å². The summed E-state index contributed by atoms with van der Waals surface area (Å²) in [5.74, 6) is 0. The van der Waals surface area contributed by atoms with Crippen LogP contribution in [0.1, 0.15) is 212 Å². The molecular weight excluding hydrogens is 450 g/mol. The van der Waals surface area contributed by atoms with E-state index in [0.29, 0.717) is 6.54 Å². The Morgan fingerprint density at radius 2 is 0.514 bits per heavy atom. The molecule has 0 fully saturated rings. The predicted octanol–water partition coefficient (Wildman–Crippen LogP) is 12.8. The van der Waals surface area contributed by atoms with Crippen LogP contribution in [0.4, 0.5) is 0 Å². The second-order valence-corrected chi connectivity index (χ2v) is 11.9. The third-order valence-corrected chi connectivity index (χ3v) is 8.19. The Morgan fingerprint density at radius 3 is 0.703 bits per heavy atom. The first-order valence-corrected chi connectivity index (χ1v) is 17.5. The number of unbranched alkanes of at least 4 members (excludes halogenated alkanes) is 31. The van der Waals surface area contributed by atoms with Crippen LogP contribution in [0.3, 0.4) is 0 Å². The van der Waals surface area contributed by atoms with Gasteiger partial charge in [-0.05, 0) is 6.42 Å². The van der Waals surface area contributed by atoms with E-state index in [2.05, 4.69) is 11.9 Å². The SMILES string of the molecule is CCCCCCCCCCCCCCCCCCCCCCCCCCCCCCCCCCN=C=O. The van der Waals surface area contributed by atoms with Crippen LogP contribution in [-0.4, -0.2) is 12.6 Å². The maximum Gasteiger partial charge on any atom is 0.234 e. The van der Waals surface area contributed by atoms with Gasteiger partial charge in [0.15, 0.2) is 0 Å². The molecule has 220 valence electrons. The van der Waals surface area contributed by atoms with Crippen LogP contribution in [0, 0.1) is 0 Å². The Labute approximate surface area is 234 Å². The largest absolute Gasteiger partial charge is 0.234 e. The van der Waals surface area contributed by atoms with Crippen LogP contribution in [0.25, 0.3) is 0 Å². The Balaban J connectivity index is 3.02. The quantitative estimate of drug-likeness (QED) is 0.0481. The zero-order valence-corrected chi connectivity index (χ0v) is 25.7. The molecule has 0 saturated heterocycles. The van der Waals surface area contributed by atoms with Crippen LogP contribution in [0.15, 0.2) is 4.99 Å². The first-order valence-electron chi connectivity index (χ1n) is 17.5. The Kier molecular flexibility index (Phi) is 34.8. The average Bonchev–Trinajstić information content (AvgIpc) is 2.91. The minimum Gasteiger partial charge on any atom is -0.211 e. The first-order chi connectivity index (χ1) is 18.4. The van der Waals surface area contributed by atoms with Gasteiger partial charge in [0.25, 0.3) is 0 Å². The third-order valence-electron chi connectivity index (χ3n) is 8.19. The molecule has 0 N–H and O–H groups in total. The van der Waals surface area contributed by atoms with Crippen molar-refractivity contribution >= 4 is 6.08 Å². The van der Waals surface area contributed by atoms with E-state index in [1.54, 1.807) is 6.08 Å². The molecule has 37 heavy (non-hydrogen) atoms. The summed E-state index contributed by atoms with van der Waals surface area (Å²) < 4.78 is 0. The molecule has 2 heteroatoms. The number of isocyanates is 1. The summed E-state index contributed by atoms with van der Waals surface area (Å²) in [6.45, 7) is 2.97. The molecule has 2 nitrogen and oxygen atoms in total. The molecule has 0 radical (unpaired) electrons. The van der Waals surface area contributed by atoms with E-state index in [1.807, 2.05) is 0 Å². The lowest BCUT2D eigenvalue weighted by atomic mass is 10.0. The number of hydrogen-bond donors (Lipinski definition) is 0. The zero-order chi connectivity index (χ0) is 26.7. The monoisotopic (exact) mass is 520 g/mol. The van der Waals surface area contributed by atoms with E-state index < -0.39 is 0 Å². The fourth-order valence-corrected chi connectivity index (χ4v) is 5.61. The molecule has 0 bridgehead atoms. The van der Waals surface area contributed by atoms with Crippen molar-refractivity contribution in [2.24, 2.45) is 4.99 Å². The van der Waals surface area contributed by atoms with Gasteiger partial charge < -0.3 is 0 Å². The summed E-state index contributed by atoms with van der Waals surface area (Å²) in [6.07, 6.45) is 47.4. The number of rotatable bonds is 33. The maximum absolute atomic E-state index is 9.98. The smallest absolute Gasteiger partial charge is 0.211 e. The molecule has 0 atom stereocenters. The summed E-state index contributed by atoms with van der Waals surface area (Å²) in [5, 5.41) is 0. The van der Waals surface area contributed by atoms with Gasteiger partial charge in [0.2, 0.25) is 6.08 Å². The van der Waals surface area contributed by atoms with E-state index in [-0.39, 0.29) is 0 Å². The van der Waals surface area contributed by atoms with Crippen molar-refractivity contribution in [1.29, 1.82) is 0 Å². The normalized spacial score (nSPS) is 11.2. The lowest BCUT2D eigenvalue weighted by Crippen LogP contribution is -1.85. The number of nitrogens with zero attached hydrogens (tertiary/aromatic N) is 1. The van der Waals surface area contributed by atoms with E-state index in [9.17, 15) is 4.79 Å². The summed E-state index contributed by atoms with van der Waals surface area (Å²) >= 11 is 0. The fraction of sp³-hybridized carbons (Fsp3) is 0.971. The molecule has 0 amide bonds. The standard InChI is InChI=1S/C35H69NO/c1-2-3-4-5-6-7-8-9-10-11-12-13-14-15-16-17-18-19-20-21-22-23-24-25-26-27-28-29-30-31-32-33-34-36-35-37/h2-34H2,1H3. The average molecular weight is 520 g/mol. The summed E-state index contributed by atoms with van der Waals surface area (Å²) in [7, 11) is 0. The molecule has 0 rings (SSSR count). The molecule has 0 unspecified atom stereocenters. The second kappa shape index (κ2) is 35.4. The number of aliphatic imine (C=N–C) groups is 1. The molecule has 0 aromatic rings. The molecule has 0 spiro atoms. The molecule has 0 aromatic heterocycles. The van der Waals surface area contributed by atoms with E-state index in [1.165, 1.54) is 199 Å². The second-order valence-electron chi connectivity index (χ2n) is 11.9. The molecule has 0 aliphatic heterocycles. The highest BCUT2D eigenvalue weighted by Gasteiger charge is 1.97. The summed E-state index contributed by atoms with van der Waals surface area (Å²) in [4.78, 5) is 13.6. The molecule has 0 aliphatic carbocycles. The van der Waals surface area contributed by atoms with Crippen LogP contribution in [0.2, 0.25) is 0 Å². The van der Waals surface area contributed by atoms with Crippen molar-refractivity contribution in [1.82, 2.24) is 0 Å². The van der Waals surface area contributed by atoms with E-state index in [4.69, 9.17) is 0 Å². The molecule has 0 aliphatic rings. The summed E-state index contributed by atoms with van der Waals surface area (Å²) in [5.41, 5.74) is 0.